The Bertz CT molecular complexity index is 316. The molecule has 1 atom stereocenters. The lowest BCUT2D eigenvalue weighted by Crippen LogP contribution is -2.37. The van der Waals surface area contributed by atoms with E-state index in [1.165, 1.54) is 25.1 Å². The van der Waals surface area contributed by atoms with Crippen LogP contribution < -0.4 is 5.73 Å². The van der Waals surface area contributed by atoms with Crippen LogP contribution in [0.25, 0.3) is 0 Å². The first-order chi connectivity index (χ1) is 7.28. The van der Waals surface area contributed by atoms with Crippen molar-refractivity contribution >= 4 is 23.7 Å². The summed E-state index contributed by atoms with van der Waals surface area (Å²) in [6.07, 6.45) is 2.58. The van der Waals surface area contributed by atoms with E-state index in [4.69, 9.17) is 5.73 Å². The zero-order chi connectivity index (χ0) is 10.7. The zero-order valence-corrected chi connectivity index (χ0v) is 11.3. The Morgan fingerprint density at radius 2 is 2.44 bits per heavy atom. The molecule has 5 heteroatoms. The van der Waals surface area contributed by atoms with Crippen LogP contribution >= 0.6 is 23.7 Å². The summed E-state index contributed by atoms with van der Waals surface area (Å²) in [5, 5.41) is 3.33. The maximum Gasteiger partial charge on any atom is 0.0897 e. The van der Waals surface area contributed by atoms with Crippen LogP contribution in [0.2, 0.25) is 0 Å². The highest BCUT2D eigenvalue weighted by atomic mass is 35.5. The molecule has 0 radical (unpaired) electrons. The van der Waals surface area contributed by atoms with E-state index in [2.05, 4.69) is 22.2 Å². The van der Waals surface area contributed by atoms with Gasteiger partial charge in [0.25, 0.3) is 0 Å². The topological polar surface area (TPSA) is 42.2 Å². The van der Waals surface area contributed by atoms with Crippen LogP contribution in [-0.4, -0.2) is 29.5 Å². The summed E-state index contributed by atoms with van der Waals surface area (Å²) in [5.74, 6) is 0.693. The van der Waals surface area contributed by atoms with E-state index in [0.717, 1.165) is 24.6 Å². The van der Waals surface area contributed by atoms with Gasteiger partial charge in [-0.2, -0.15) is 0 Å². The van der Waals surface area contributed by atoms with Crippen molar-refractivity contribution in [2.24, 2.45) is 11.7 Å². The molecule has 0 bridgehead atoms. The summed E-state index contributed by atoms with van der Waals surface area (Å²) < 4.78 is 0. The summed E-state index contributed by atoms with van der Waals surface area (Å²) in [7, 11) is 0. The number of nitrogens with zero attached hydrogens (tertiary/aromatic N) is 2. The maximum absolute atomic E-state index is 5.72. The van der Waals surface area contributed by atoms with Gasteiger partial charge in [-0.15, -0.1) is 23.7 Å². The molecule has 0 saturated carbocycles. The van der Waals surface area contributed by atoms with Crippen LogP contribution in [-0.2, 0) is 6.54 Å². The number of aryl methyl sites for hydroxylation is 1. The molecule has 1 fully saturated rings. The third-order valence-electron chi connectivity index (χ3n) is 2.99. The van der Waals surface area contributed by atoms with Gasteiger partial charge in [0, 0.05) is 18.5 Å². The monoisotopic (exact) mass is 261 g/mol. The van der Waals surface area contributed by atoms with Gasteiger partial charge in [0.05, 0.1) is 10.7 Å². The van der Waals surface area contributed by atoms with Gasteiger partial charge in [-0.05, 0) is 38.8 Å². The minimum atomic E-state index is 0. The molecule has 2 heterocycles. The summed E-state index contributed by atoms with van der Waals surface area (Å²) in [6.45, 7) is 6.24. The van der Waals surface area contributed by atoms with Crippen LogP contribution in [0.1, 0.15) is 23.5 Å². The number of rotatable bonds is 3. The number of thiazole rings is 1. The van der Waals surface area contributed by atoms with Crippen molar-refractivity contribution in [1.29, 1.82) is 0 Å². The fraction of sp³-hybridized carbons (Fsp3) is 0.727. The van der Waals surface area contributed by atoms with Gasteiger partial charge in [0.1, 0.15) is 0 Å². The lowest BCUT2D eigenvalue weighted by molar-refractivity contribution is 0.169. The van der Waals surface area contributed by atoms with Crippen molar-refractivity contribution in [1.82, 2.24) is 9.88 Å². The van der Waals surface area contributed by atoms with E-state index in [0.29, 0.717) is 5.92 Å². The first-order valence-electron chi connectivity index (χ1n) is 5.61. The van der Waals surface area contributed by atoms with Gasteiger partial charge < -0.3 is 5.73 Å². The Hall–Kier alpha value is -0.160. The Morgan fingerprint density at radius 1 is 1.62 bits per heavy atom. The third kappa shape index (κ3) is 3.70. The molecule has 0 aromatic carbocycles. The molecule has 16 heavy (non-hydrogen) atoms. The zero-order valence-electron chi connectivity index (χ0n) is 9.69. The number of halogens is 1. The summed E-state index contributed by atoms with van der Waals surface area (Å²) >= 11 is 1.74. The fourth-order valence-corrected chi connectivity index (χ4v) is 2.80. The van der Waals surface area contributed by atoms with E-state index in [-0.39, 0.29) is 12.4 Å². The van der Waals surface area contributed by atoms with Gasteiger partial charge in [0.15, 0.2) is 0 Å². The quantitative estimate of drug-likeness (QED) is 0.906. The van der Waals surface area contributed by atoms with Crippen molar-refractivity contribution in [2.45, 2.75) is 26.3 Å². The van der Waals surface area contributed by atoms with E-state index >= 15 is 0 Å². The van der Waals surface area contributed by atoms with Gasteiger partial charge in [-0.1, -0.05) is 0 Å². The molecular weight excluding hydrogens is 242 g/mol. The number of nitrogens with two attached hydrogens (primary N) is 1. The van der Waals surface area contributed by atoms with Crippen LogP contribution in [0, 0.1) is 12.8 Å². The largest absolute Gasteiger partial charge is 0.330 e. The van der Waals surface area contributed by atoms with Crippen molar-refractivity contribution < 1.29 is 0 Å². The van der Waals surface area contributed by atoms with Crippen LogP contribution in [0.4, 0.5) is 0 Å². The van der Waals surface area contributed by atoms with E-state index in [1.54, 1.807) is 11.3 Å². The van der Waals surface area contributed by atoms with Crippen molar-refractivity contribution in [3.63, 3.8) is 0 Å². The van der Waals surface area contributed by atoms with Crippen LogP contribution in [0.3, 0.4) is 0 Å². The molecule has 92 valence electrons. The molecule has 2 rings (SSSR count). The molecule has 3 nitrogen and oxygen atoms in total. The average molecular weight is 262 g/mol. The molecule has 0 amide bonds. The fourth-order valence-electron chi connectivity index (χ4n) is 2.20. The van der Waals surface area contributed by atoms with Gasteiger partial charge in [-0.25, -0.2) is 4.98 Å². The summed E-state index contributed by atoms with van der Waals surface area (Å²) in [5.41, 5.74) is 6.94. The number of aromatic nitrogens is 1. The lowest BCUT2D eigenvalue weighted by Gasteiger charge is -2.31. The van der Waals surface area contributed by atoms with Crippen LogP contribution in [0.15, 0.2) is 5.38 Å². The SMILES string of the molecule is Cc1nc(CN2CCCC(CN)C2)cs1.Cl. The molecule has 2 N–H and O–H groups in total. The molecule has 1 aromatic rings. The van der Waals surface area contributed by atoms with E-state index < -0.39 is 0 Å². The van der Waals surface area contributed by atoms with E-state index in [9.17, 15) is 0 Å². The minimum absolute atomic E-state index is 0. The number of hydrogen-bond donors (Lipinski definition) is 1. The Kier molecular flexibility index (Phi) is 5.69. The predicted octanol–water partition coefficient (Wildman–Crippen LogP) is 2.04. The third-order valence-corrected chi connectivity index (χ3v) is 3.81. The molecule has 0 aliphatic carbocycles. The van der Waals surface area contributed by atoms with E-state index in [1.807, 2.05) is 0 Å². The molecular formula is C11H20ClN3S. The van der Waals surface area contributed by atoms with Crippen molar-refractivity contribution in [3.8, 4) is 0 Å². The van der Waals surface area contributed by atoms with Gasteiger partial charge >= 0.3 is 0 Å². The Morgan fingerprint density at radius 3 is 3.06 bits per heavy atom. The maximum atomic E-state index is 5.72. The first-order valence-corrected chi connectivity index (χ1v) is 6.49. The molecule has 1 aliphatic rings. The highest BCUT2D eigenvalue weighted by Crippen LogP contribution is 2.18. The van der Waals surface area contributed by atoms with Gasteiger partial charge in [-0.3, -0.25) is 4.90 Å². The minimum Gasteiger partial charge on any atom is -0.330 e. The molecule has 1 unspecified atom stereocenters. The number of hydrogen-bond acceptors (Lipinski definition) is 4. The summed E-state index contributed by atoms with van der Waals surface area (Å²) in [6, 6.07) is 0. The highest BCUT2D eigenvalue weighted by Gasteiger charge is 2.19. The van der Waals surface area contributed by atoms with Crippen molar-refractivity contribution in [2.75, 3.05) is 19.6 Å². The second-order valence-electron chi connectivity index (χ2n) is 4.34. The normalized spacial score (nSPS) is 21.8. The van der Waals surface area contributed by atoms with Gasteiger partial charge in [0.2, 0.25) is 0 Å². The number of likely N-dealkylation sites (tertiary alicyclic amines) is 1. The second-order valence-corrected chi connectivity index (χ2v) is 5.40. The smallest absolute Gasteiger partial charge is 0.0897 e. The Labute approximate surface area is 107 Å². The Balaban J connectivity index is 0.00000128. The number of piperidine rings is 1. The molecule has 1 saturated heterocycles. The average Bonchev–Trinajstić information content (AvgIpc) is 2.64. The second kappa shape index (κ2) is 6.55. The van der Waals surface area contributed by atoms with Crippen LogP contribution in [0.5, 0.6) is 0 Å². The first kappa shape index (κ1) is 13.9. The lowest BCUT2D eigenvalue weighted by atomic mass is 9.98. The highest BCUT2D eigenvalue weighted by molar-refractivity contribution is 7.09. The molecule has 1 aliphatic heterocycles. The predicted molar refractivity (Wildman–Crippen MR) is 71.2 cm³/mol. The van der Waals surface area contributed by atoms with Crippen molar-refractivity contribution in [3.05, 3.63) is 16.1 Å². The standard InChI is InChI=1S/C11H19N3S.ClH/c1-9-13-11(8-15-9)7-14-4-2-3-10(5-12)6-14;/h8,10H,2-7,12H2,1H3;1H. The molecule has 1 aromatic heterocycles. The summed E-state index contributed by atoms with van der Waals surface area (Å²) in [4.78, 5) is 6.98. The molecule has 0 spiro atoms.